The van der Waals surface area contributed by atoms with Gasteiger partial charge in [-0.15, -0.1) is 0 Å². The summed E-state index contributed by atoms with van der Waals surface area (Å²) in [6.07, 6.45) is 2.61. The molecule has 2 aromatic heterocycles. The largest absolute Gasteiger partial charge is 0.369 e. The van der Waals surface area contributed by atoms with Gasteiger partial charge in [-0.3, -0.25) is 4.57 Å². The minimum absolute atomic E-state index is 0.459. The van der Waals surface area contributed by atoms with Crippen LogP contribution in [0.25, 0.3) is 11.2 Å². The molecule has 0 saturated carbocycles. The van der Waals surface area contributed by atoms with Crippen LogP contribution in [0.3, 0.4) is 0 Å². The van der Waals surface area contributed by atoms with E-state index >= 15 is 0 Å². The number of pyridine rings is 1. The Bertz CT molecular complexity index is 764. The van der Waals surface area contributed by atoms with E-state index in [4.69, 9.17) is 17.3 Å². The zero-order valence-electron chi connectivity index (χ0n) is 11.2. The standard InChI is InChI=1S/C15H15ClN4/c1-2-10-5-3-4-6-11(10)9-20-14-13(19-15(20)17)7-12(16)8-18-14/h3-8H,2,9H2,1H3,(H2,17,19). The summed E-state index contributed by atoms with van der Waals surface area (Å²) in [4.78, 5) is 8.66. The molecule has 0 aliphatic carbocycles. The molecule has 102 valence electrons. The van der Waals surface area contributed by atoms with Crippen LogP contribution >= 0.6 is 11.6 Å². The first-order valence-electron chi connectivity index (χ1n) is 6.53. The van der Waals surface area contributed by atoms with Gasteiger partial charge in [0.05, 0.1) is 11.6 Å². The van der Waals surface area contributed by atoms with Gasteiger partial charge in [-0.1, -0.05) is 42.8 Å². The smallest absolute Gasteiger partial charge is 0.202 e. The summed E-state index contributed by atoms with van der Waals surface area (Å²) in [6.45, 7) is 2.81. The van der Waals surface area contributed by atoms with Crippen molar-refractivity contribution in [2.75, 3.05) is 5.73 Å². The second-order valence-electron chi connectivity index (χ2n) is 4.67. The van der Waals surface area contributed by atoms with Crippen LogP contribution in [-0.4, -0.2) is 14.5 Å². The Morgan fingerprint density at radius 1 is 1.25 bits per heavy atom. The van der Waals surface area contributed by atoms with Crippen LogP contribution in [0.15, 0.2) is 36.5 Å². The number of imidazole rings is 1. The lowest BCUT2D eigenvalue weighted by atomic mass is 10.1. The molecular weight excluding hydrogens is 272 g/mol. The van der Waals surface area contributed by atoms with Crippen molar-refractivity contribution in [2.24, 2.45) is 0 Å². The average molecular weight is 287 g/mol. The Kier molecular flexibility index (Phi) is 3.32. The predicted molar refractivity (Wildman–Crippen MR) is 81.9 cm³/mol. The van der Waals surface area contributed by atoms with Crippen molar-refractivity contribution in [2.45, 2.75) is 19.9 Å². The highest BCUT2D eigenvalue weighted by Crippen LogP contribution is 2.21. The first-order chi connectivity index (χ1) is 9.69. The average Bonchev–Trinajstić information content (AvgIpc) is 2.75. The highest BCUT2D eigenvalue weighted by Gasteiger charge is 2.11. The maximum absolute atomic E-state index is 6.01. The summed E-state index contributed by atoms with van der Waals surface area (Å²) >= 11 is 5.94. The third kappa shape index (κ3) is 2.23. The number of nitrogen functional groups attached to an aromatic ring is 1. The fourth-order valence-corrected chi connectivity index (χ4v) is 2.54. The molecular formula is C15H15ClN4. The van der Waals surface area contributed by atoms with E-state index in [0.717, 1.165) is 17.6 Å². The first kappa shape index (κ1) is 12.9. The molecule has 0 radical (unpaired) electrons. The van der Waals surface area contributed by atoms with Gasteiger partial charge in [0.25, 0.3) is 0 Å². The fourth-order valence-electron chi connectivity index (χ4n) is 2.39. The molecule has 3 aromatic rings. The van der Waals surface area contributed by atoms with E-state index in [9.17, 15) is 0 Å². The molecule has 0 unspecified atom stereocenters. The van der Waals surface area contributed by atoms with Gasteiger partial charge in [0.1, 0.15) is 5.52 Å². The van der Waals surface area contributed by atoms with Crippen molar-refractivity contribution in [3.63, 3.8) is 0 Å². The van der Waals surface area contributed by atoms with Crippen LogP contribution in [0, 0.1) is 0 Å². The lowest BCUT2D eigenvalue weighted by Crippen LogP contribution is -2.07. The van der Waals surface area contributed by atoms with E-state index in [1.165, 1.54) is 11.1 Å². The molecule has 1 aromatic carbocycles. The van der Waals surface area contributed by atoms with Crippen molar-refractivity contribution in [3.05, 3.63) is 52.7 Å². The van der Waals surface area contributed by atoms with E-state index in [1.807, 2.05) is 10.6 Å². The molecule has 0 aliphatic heterocycles. The molecule has 3 rings (SSSR count). The number of aryl methyl sites for hydroxylation is 1. The highest BCUT2D eigenvalue weighted by atomic mass is 35.5. The zero-order valence-corrected chi connectivity index (χ0v) is 11.9. The zero-order chi connectivity index (χ0) is 14.1. The lowest BCUT2D eigenvalue weighted by Gasteiger charge is -2.10. The van der Waals surface area contributed by atoms with Gasteiger partial charge in [0, 0.05) is 6.20 Å². The molecule has 2 N–H and O–H groups in total. The predicted octanol–water partition coefficient (Wildman–Crippen LogP) is 3.28. The van der Waals surface area contributed by atoms with Crippen molar-refractivity contribution in [1.29, 1.82) is 0 Å². The van der Waals surface area contributed by atoms with Gasteiger partial charge in [-0.25, -0.2) is 9.97 Å². The number of halogens is 1. The number of aromatic nitrogens is 3. The summed E-state index contributed by atoms with van der Waals surface area (Å²) in [5.41, 5.74) is 10.0. The van der Waals surface area contributed by atoms with E-state index < -0.39 is 0 Å². The van der Waals surface area contributed by atoms with E-state index in [2.05, 4.69) is 35.1 Å². The fraction of sp³-hybridized carbons (Fsp3) is 0.200. The number of anilines is 1. The monoisotopic (exact) mass is 286 g/mol. The molecule has 2 heterocycles. The number of fused-ring (bicyclic) bond motifs is 1. The van der Waals surface area contributed by atoms with Crippen LogP contribution in [0.1, 0.15) is 18.1 Å². The van der Waals surface area contributed by atoms with Crippen molar-refractivity contribution < 1.29 is 0 Å². The van der Waals surface area contributed by atoms with Gasteiger partial charge in [-0.2, -0.15) is 0 Å². The minimum atomic E-state index is 0.459. The van der Waals surface area contributed by atoms with Crippen LogP contribution in [0.4, 0.5) is 5.95 Å². The summed E-state index contributed by atoms with van der Waals surface area (Å²) in [5, 5.41) is 0.566. The SMILES string of the molecule is CCc1ccccc1Cn1c(N)nc2cc(Cl)cnc21. The Hall–Kier alpha value is -2.07. The second-order valence-corrected chi connectivity index (χ2v) is 5.11. The number of hydrogen-bond acceptors (Lipinski definition) is 3. The summed E-state index contributed by atoms with van der Waals surface area (Å²) in [5.74, 6) is 0.459. The van der Waals surface area contributed by atoms with Gasteiger partial charge >= 0.3 is 0 Å². The molecule has 0 aliphatic rings. The molecule has 0 spiro atoms. The second kappa shape index (κ2) is 5.13. The molecule has 0 fully saturated rings. The number of benzene rings is 1. The number of nitrogens with zero attached hydrogens (tertiary/aromatic N) is 3. The third-order valence-corrected chi connectivity index (χ3v) is 3.62. The van der Waals surface area contributed by atoms with Crippen LogP contribution in [0.2, 0.25) is 5.02 Å². The molecule has 20 heavy (non-hydrogen) atoms. The summed E-state index contributed by atoms with van der Waals surface area (Å²) in [7, 11) is 0. The summed E-state index contributed by atoms with van der Waals surface area (Å²) in [6, 6.07) is 10.1. The third-order valence-electron chi connectivity index (χ3n) is 3.41. The molecule has 5 heteroatoms. The Labute approximate surface area is 122 Å². The highest BCUT2D eigenvalue weighted by molar-refractivity contribution is 6.31. The Morgan fingerprint density at radius 3 is 2.75 bits per heavy atom. The lowest BCUT2D eigenvalue weighted by molar-refractivity contribution is 0.815. The van der Waals surface area contributed by atoms with Gasteiger partial charge in [0.15, 0.2) is 5.65 Å². The van der Waals surface area contributed by atoms with E-state index in [0.29, 0.717) is 17.5 Å². The van der Waals surface area contributed by atoms with E-state index in [-0.39, 0.29) is 0 Å². The quantitative estimate of drug-likeness (QED) is 0.804. The molecule has 0 atom stereocenters. The molecule has 4 nitrogen and oxygen atoms in total. The summed E-state index contributed by atoms with van der Waals surface area (Å²) < 4.78 is 1.92. The van der Waals surface area contributed by atoms with Crippen molar-refractivity contribution in [3.8, 4) is 0 Å². The Balaban J connectivity index is 2.08. The number of rotatable bonds is 3. The maximum atomic E-state index is 6.01. The van der Waals surface area contributed by atoms with Crippen LogP contribution < -0.4 is 5.73 Å². The normalized spacial score (nSPS) is 11.1. The Morgan fingerprint density at radius 2 is 2.00 bits per heavy atom. The van der Waals surface area contributed by atoms with Gasteiger partial charge in [0.2, 0.25) is 5.95 Å². The topological polar surface area (TPSA) is 56.7 Å². The number of nitrogens with two attached hydrogens (primary N) is 1. The van der Waals surface area contributed by atoms with Gasteiger partial charge in [-0.05, 0) is 23.6 Å². The van der Waals surface area contributed by atoms with Crippen LogP contribution in [-0.2, 0) is 13.0 Å². The van der Waals surface area contributed by atoms with Crippen molar-refractivity contribution >= 4 is 28.7 Å². The minimum Gasteiger partial charge on any atom is -0.369 e. The number of hydrogen-bond donors (Lipinski definition) is 1. The molecule has 0 bridgehead atoms. The maximum Gasteiger partial charge on any atom is 0.202 e. The van der Waals surface area contributed by atoms with Gasteiger partial charge < -0.3 is 5.73 Å². The van der Waals surface area contributed by atoms with E-state index in [1.54, 1.807) is 12.3 Å². The van der Waals surface area contributed by atoms with Crippen molar-refractivity contribution in [1.82, 2.24) is 14.5 Å². The molecule has 0 saturated heterocycles. The first-order valence-corrected chi connectivity index (χ1v) is 6.91. The van der Waals surface area contributed by atoms with Crippen LogP contribution in [0.5, 0.6) is 0 Å². The molecule has 0 amide bonds.